The van der Waals surface area contributed by atoms with Crippen molar-refractivity contribution in [1.82, 2.24) is 0 Å². The number of benzene rings is 1. The van der Waals surface area contributed by atoms with Gasteiger partial charge in [0, 0.05) is 24.5 Å². The lowest BCUT2D eigenvalue weighted by atomic mass is 9.81. The zero-order chi connectivity index (χ0) is 13.7. The van der Waals surface area contributed by atoms with Crippen LogP contribution in [-0.4, -0.2) is 19.1 Å². The van der Waals surface area contributed by atoms with E-state index in [0.29, 0.717) is 37.3 Å². The van der Waals surface area contributed by atoms with E-state index in [1.165, 1.54) is 0 Å². The van der Waals surface area contributed by atoms with E-state index >= 15 is 0 Å². The number of anilines is 1. The monoisotopic (exact) mass is 254 g/mol. The lowest BCUT2D eigenvalue weighted by molar-refractivity contribution is -0.126. The molecule has 1 amide bonds. The summed E-state index contributed by atoms with van der Waals surface area (Å²) in [4.78, 5) is 12.3. The van der Waals surface area contributed by atoms with Crippen molar-refractivity contribution < 1.29 is 9.53 Å². The largest absolute Gasteiger partial charge is 0.381 e. The molecule has 4 nitrogen and oxygen atoms in total. The average Bonchev–Trinajstić information content (AvgIpc) is 2.48. The Bertz CT molecular complexity index is 560. The molecule has 1 aliphatic rings. The number of nitriles is 1. The normalized spacial score (nSPS) is 16.9. The van der Waals surface area contributed by atoms with Crippen LogP contribution in [0.2, 0.25) is 0 Å². The maximum Gasteiger partial charge on any atom is 0.245 e. The fraction of sp³-hybridized carbons (Fsp3) is 0.333. The molecule has 0 radical (unpaired) electrons. The van der Waals surface area contributed by atoms with E-state index in [9.17, 15) is 10.1 Å². The highest BCUT2D eigenvalue weighted by molar-refractivity contribution is 5.97. The maximum absolute atomic E-state index is 12.3. The van der Waals surface area contributed by atoms with Crippen LogP contribution in [0.15, 0.2) is 24.3 Å². The van der Waals surface area contributed by atoms with Gasteiger partial charge in [-0.25, -0.2) is 0 Å². The van der Waals surface area contributed by atoms with Crippen molar-refractivity contribution in [2.45, 2.75) is 12.8 Å². The highest BCUT2D eigenvalue weighted by Crippen LogP contribution is 2.31. The second-order valence-corrected chi connectivity index (χ2v) is 4.49. The number of hydrogen-bond acceptors (Lipinski definition) is 3. The van der Waals surface area contributed by atoms with Gasteiger partial charge in [-0.05, 0) is 31.0 Å². The van der Waals surface area contributed by atoms with E-state index in [0.717, 1.165) is 0 Å². The third kappa shape index (κ3) is 2.76. The smallest absolute Gasteiger partial charge is 0.245 e. The Morgan fingerprint density at radius 2 is 2.16 bits per heavy atom. The van der Waals surface area contributed by atoms with Crippen LogP contribution in [0.5, 0.6) is 0 Å². The molecular weight excluding hydrogens is 240 g/mol. The molecule has 1 aromatic rings. The molecule has 2 rings (SSSR count). The molecule has 1 heterocycles. The van der Waals surface area contributed by atoms with Gasteiger partial charge in [-0.15, -0.1) is 6.42 Å². The third-order valence-corrected chi connectivity index (χ3v) is 3.28. The van der Waals surface area contributed by atoms with Crippen molar-refractivity contribution in [2.75, 3.05) is 18.5 Å². The standard InChI is InChI=1S/C15H14N2O2/c1-2-12-4-3-5-13(10-12)17-14(18)15(11-16)6-8-19-9-7-15/h1,3-5,10H,6-9H2,(H,17,18). The molecule has 1 fully saturated rings. The van der Waals surface area contributed by atoms with Crippen LogP contribution in [0.3, 0.4) is 0 Å². The summed E-state index contributed by atoms with van der Waals surface area (Å²) in [7, 11) is 0. The summed E-state index contributed by atoms with van der Waals surface area (Å²) < 4.78 is 5.21. The summed E-state index contributed by atoms with van der Waals surface area (Å²) in [5.74, 6) is 2.22. The van der Waals surface area contributed by atoms with E-state index in [1.807, 2.05) is 0 Å². The van der Waals surface area contributed by atoms with Gasteiger partial charge < -0.3 is 10.1 Å². The number of nitrogens with one attached hydrogen (secondary N) is 1. The van der Waals surface area contributed by atoms with Gasteiger partial charge in [0.05, 0.1) is 6.07 Å². The molecular formula is C15H14N2O2. The van der Waals surface area contributed by atoms with E-state index in [4.69, 9.17) is 11.2 Å². The molecule has 1 N–H and O–H groups in total. The number of rotatable bonds is 2. The minimum Gasteiger partial charge on any atom is -0.381 e. The van der Waals surface area contributed by atoms with E-state index in [1.54, 1.807) is 24.3 Å². The summed E-state index contributed by atoms with van der Waals surface area (Å²) in [6, 6.07) is 9.15. The van der Waals surface area contributed by atoms with Crippen LogP contribution in [0, 0.1) is 29.1 Å². The van der Waals surface area contributed by atoms with Gasteiger partial charge in [0.2, 0.25) is 5.91 Å². The molecule has 0 saturated carbocycles. The fourth-order valence-electron chi connectivity index (χ4n) is 2.05. The number of hydrogen-bond donors (Lipinski definition) is 1. The SMILES string of the molecule is C#Cc1cccc(NC(=O)C2(C#N)CCOCC2)c1. The molecule has 1 saturated heterocycles. The molecule has 96 valence electrons. The Morgan fingerprint density at radius 3 is 2.79 bits per heavy atom. The number of ether oxygens (including phenoxy) is 1. The maximum atomic E-state index is 12.3. The number of terminal acetylenes is 1. The fourth-order valence-corrected chi connectivity index (χ4v) is 2.05. The zero-order valence-corrected chi connectivity index (χ0v) is 10.5. The highest BCUT2D eigenvalue weighted by atomic mass is 16.5. The molecule has 4 heteroatoms. The summed E-state index contributed by atoms with van der Waals surface area (Å²) >= 11 is 0. The van der Waals surface area contributed by atoms with E-state index in [-0.39, 0.29) is 5.91 Å². The van der Waals surface area contributed by atoms with Crippen LogP contribution in [0.1, 0.15) is 18.4 Å². The quantitative estimate of drug-likeness (QED) is 0.820. The number of nitrogens with zero attached hydrogens (tertiary/aromatic N) is 1. The highest BCUT2D eigenvalue weighted by Gasteiger charge is 2.40. The molecule has 0 aromatic heterocycles. The first-order valence-corrected chi connectivity index (χ1v) is 6.07. The first kappa shape index (κ1) is 13.1. The number of carbonyl (C=O) groups excluding carboxylic acids is 1. The molecule has 0 spiro atoms. The third-order valence-electron chi connectivity index (χ3n) is 3.28. The van der Waals surface area contributed by atoms with E-state index < -0.39 is 5.41 Å². The van der Waals surface area contributed by atoms with Gasteiger partial charge in [0.25, 0.3) is 0 Å². The second kappa shape index (κ2) is 5.56. The Balaban J connectivity index is 2.16. The molecule has 0 aliphatic carbocycles. The van der Waals surface area contributed by atoms with Crippen LogP contribution < -0.4 is 5.32 Å². The van der Waals surface area contributed by atoms with Gasteiger partial charge in [-0.2, -0.15) is 5.26 Å². The summed E-state index contributed by atoms with van der Waals surface area (Å²) in [5.41, 5.74) is 0.307. The van der Waals surface area contributed by atoms with Gasteiger partial charge in [-0.3, -0.25) is 4.79 Å². The van der Waals surface area contributed by atoms with Crippen LogP contribution in [0.25, 0.3) is 0 Å². The van der Waals surface area contributed by atoms with Gasteiger partial charge in [0.1, 0.15) is 5.41 Å². The lowest BCUT2D eigenvalue weighted by Gasteiger charge is -2.29. The predicted octanol–water partition coefficient (Wildman–Crippen LogP) is 1.93. The molecule has 0 bridgehead atoms. The van der Waals surface area contributed by atoms with Crippen molar-refractivity contribution in [3.63, 3.8) is 0 Å². The van der Waals surface area contributed by atoms with Gasteiger partial charge in [0.15, 0.2) is 0 Å². The number of carbonyl (C=O) groups is 1. The van der Waals surface area contributed by atoms with Crippen molar-refractivity contribution in [1.29, 1.82) is 5.26 Å². The summed E-state index contributed by atoms with van der Waals surface area (Å²) in [5, 5.41) is 12.1. The Kier molecular flexibility index (Phi) is 3.85. The van der Waals surface area contributed by atoms with Crippen molar-refractivity contribution in [3.05, 3.63) is 29.8 Å². The molecule has 0 atom stereocenters. The molecule has 1 aromatic carbocycles. The minimum absolute atomic E-state index is 0.285. The predicted molar refractivity (Wildman–Crippen MR) is 71.1 cm³/mol. The minimum atomic E-state index is -0.996. The molecule has 0 unspecified atom stereocenters. The average molecular weight is 254 g/mol. The van der Waals surface area contributed by atoms with E-state index in [2.05, 4.69) is 17.3 Å². The Hall–Kier alpha value is -2.30. The van der Waals surface area contributed by atoms with Crippen LogP contribution in [0.4, 0.5) is 5.69 Å². The van der Waals surface area contributed by atoms with Crippen molar-refractivity contribution >= 4 is 11.6 Å². The topological polar surface area (TPSA) is 62.1 Å². The molecule has 19 heavy (non-hydrogen) atoms. The lowest BCUT2D eigenvalue weighted by Crippen LogP contribution is -2.39. The van der Waals surface area contributed by atoms with Gasteiger partial charge >= 0.3 is 0 Å². The molecule has 1 aliphatic heterocycles. The first-order chi connectivity index (χ1) is 9.20. The second-order valence-electron chi connectivity index (χ2n) is 4.49. The van der Waals surface area contributed by atoms with Crippen molar-refractivity contribution in [3.8, 4) is 18.4 Å². The van der Waals surface area contributed by atoms with Gasteiger partial charge in [-0.1, -0.05) is 12.0 Å². The van der Waals surface area contributed by atoms with Crippen LogP contribution >= 0.6 is 0 Å². The summed E-state index contributed by atoms with van der Waals surface area (Å²) in [6.45, 7) is 0.872. The Morgan fingerprint density at radius 1 is 1.42 bits per heavy atom. The van der Waals surface area contributed by atoms with Crippen molar-refractivity contribution in [2.24, 2.45) is 5.41 Å². The number of amides is 1. The Labute approximate surface area is 112 Å². The summed E-state index contributed by atoms with van der Waals surface area (Å²) in [6.07, 6.45) is 6.15. The first-order valence-electron chi connectivity index (χ1n) is 6.07. The zero-order valence-electron chi connectivity index (χ0n) is 10.5. The van der Waals surface area contributed by atoms with Crippen LogP contribution in [-0.2, 0) is 9.53 Å².